The molecule has 0 spiro atoms. The lowest BCUT2D eigenvalue weighted by atomic mass is 10.0. The third kappa shape index (κ3) is 3.19. The van der Waals surface area contributed by atoms with Gasteiger partial charge in [0.1, 0.15) is 11.5 Å². The van der Waals surface area contributed by atoms with Gasteiger partial charge in [0.2, 0.25) is 0 Å². The molecule has 0 heterocycles. The first kappa shape index (κ1) is 15.1. The fraction of sp³-hybridized carbons (Fsp3) is 0.150. The number of benzene rings is 3. The van der Waals surface area contributed by atoms with Gasteiger partial charge in [0.15, 0.2) is 0 Å². The van der Waals surface area contributed by atoms with Crippen LogP contribution in [-0.2, 0) is 0 Å². The minimum Gasteiger partial charge on any atom is -0.507 e. The molecule has 1 atom stereocenters. The molecular formula is C20H19NO2. The number of phenols is 1. The normalized spacial score (nSPS) is 12.6. The van der Waals surface area contributed by atoms with Gasteiger partial charge >= 0.3 is 0 Å². The lowest BCUT2D eigenvalue weighted by molar-refractivity contribution is 0.414. The third-order valence-corrected chi connectivity index (χ3v) is 3.97. The van der Waals surface area contributed by atoms with Gasteiger partial charge < -0.3 is 9.84 Å². The van der Waals surface area contributed by atoms with Gasteiger partial charge in [0, 0.05) is 11.8 Å². The molecule has 0 aliphatic heterocycles. The molecule has 0 aromatic heterocycles. The fourth-order valence-corrected chi connectivity index (χ4v) is 2.57. The van der Waals surface area contributed by atoms with Crippen LogP contribution in [0.3, 0.4) is 0 Å². The summed E-state index contributed by atoms with van der Waals surface area (Å²) < 4.78 is 5.17. The largest absolute Gasteiger partial charge is 0.507 e. The van der Waals surface area contributed by atoms with E-state index >= 15 is 0 Å². The standard InChI is InChI=1S/C20H19NO2/c1-14(15-7-10-17(23-2)11-8-15)21-13-19-18-6-4-3-5-16(18)9-12-20(19)22/h3-14,22H,1-2H3. The smallest absolute Gasteiger partial charge is 0.124 e. The van der Waals surface area contributed by atoms with Gasteiger partial charge in [-0.15, -0.1) is 0 Å². The van der Waals surface area contributed by atoms with Crippen molar-refractivity contribution in [1.82, 2.24) is 0 Å². The number of nitrogens with zero attached hydrogens (tertiary/aromatic N) is 1. The van der Waals surface area contributed by atoms with E-state index in [1.807, 2.05) is 61.5 Å². The first-order valence-corrected chi connectivity index (χ1v) is 7.57. The van der Waals surface area contributed by atoms with Crippen LogP contribution in [0, 0.1) is 0 Å². The second-order valence-electron chi connectivity index (χ2n) is 5.45. The van der Waals surface area contributed by atoms with E-state index < -0.39 is 0 Å². The lowest BCUT2D eigenvalue weighted by Crippen LogP contribution is -1.93. The van der Waals surface area contributed by atoms with E-state index in [2.05, 4.69) is 4.99 Å². The number of rotatable bonds is 4. The van der Waals surface area contributed by atoms with Crippen molar-refractivity contribution < 1.29 is 9.84 Å². The molecule has 0 bridgehead atoms. The molecule has 3 heteroatoms. The van der Waals surface area contributed by atoms with Crippen LogP contribution in [0.25, 0.3) is 10.8 Å². The van der Waals surface area contributed by atoms with Gasteiger partial charge in [-0.2, -0.15) is 0 Å². The second kappa shape index (κ2) is 6.53. The molecule has 3 rings (SSSR count). The van der Waals surface area contributed by atoms with Crippen molar-refractivity contribution in [3.05, 3.63) is 71.8 Å². The van der Waals surface area contributed by atoms with Crippen molar-refractivity contribution in [3.63, 3.8) is 0 Å². The van der Waals surface area contributed by atoms with E-state index in [-0.39, 0.29) is 11.8 Å². The van der Waals surface area contributed by atoms with Gasteiger partial charge in [0.05, 0.1) is 13.2 Å². The second-order valence-corrected chi connectivity index (χ2v) is 5.45. The number of hydrogen-bond donors (Lipinski definition) is 1. The van der Waals surface area contributed by atoms with Gasteiger partial charge in [0.25, 0.3) is 0 Å². The van der Waals surface area contributed by atoms with Crippen LogP contribution in [0.5, 0.6) is 11.5 Å². The van der Waals surface area contributed by atoms with Gasteiger partial charge in [-0.05, 0) is 41.5 Å². The van der Waals surface area contributed by atoms with Crippen LogP contribution in [0.15, 0.2) is 65.7 Å². The summed E-state index contributed by atoms with van der Waals surface area (Å²) in [6, 6.07) is 19.5. The molecule has 116 valence electrons. The molecule has 0 fully saturated rings. The summed E-state index contributed by atoms with van der Waals surface area (Å²) in [6.45, 7) is 2.03. The van der Waals surface area contributed by atoms with Crippen LogP contribution in [-0.4, -0.2) is 18.4 Å². The van der Waals surface area contributed by atoms with Crippen molar-refractivity contribution in [2.24, 2.45) is 4.99 Å². The third-order valence-electron chi connectivity index (χ3n) is 3.97. The van der Waals surface area contributed by atoms with Crippen molar-refractivity contribution in [3.8, 4) is 11.5 Å². The molecule has 0 radical (unpaired) electrons. The van der Waals surface area contributed by atoms with Crippen LogP contribution >= 0.6 is 0 Å². The topological polar surface area (TPSA) is 41.8 Å². The molecule has 1 N–H and O–H groups in total. The highest BCUT2D eigenvalue weighted by Gasteiger charge is 2.06. The monoisotopic (exact) mass is 305 g/mol. The van der Waals surface area contributed by atoms with Crippen LogP contribution in [0.4, 0.5) is 0 Å². The van der Waals surface area contributed by atoms with Crippen LogP contribution in [0.2, 0.25) is 0 Å². The summed E-state index contributed by atoms with van der Waals surface area (Å²) in [4.78, 5) is 4.61. The summed E-state index contributed by atoms with van der Waals surface area (Å²) in [7, 11) is 1.65. The zero-order chi connectivity index (χ0) is 16.2. The van der Waals surface area contributed by atoms with E-state index in [9.17, 15) is 5.11 Å². The predicted molar refractivity (Wildman–Crippen MR) is 94.6 cm³/mol. The molecular weight excluding hydrogens is 286 g/mol. The summed E-state index contributed by atoms with van der Waals surface area (Å²) in [5, 5.41) is 12.2. The Morgan fingerprint density at radius 1 is 1.00 bits per heavy atom. The van der Waals surface area contributed by atoms with E-state index in [0.29, 0.717) is 0 Å². The Morgan fingerprint density at radius 3 is 2.48 bits per heavy atom. The SMILES string of the molecule is COc1ccc(C(C)N=Cc2c(O)ccc3ccccc23)cc1. The average Bonchev–Trinajstić information content (AvgIpc) is 2.60. The fourth-order valence-electron chi connectivity index (χ4n) is 2.57. The molecule has 3 aromatic carbocycles. The average molecular weight is 305 g/mol. The quantitative estimate of drug-likeness (QED) is 0.708. The van der Waals surface area contributed by atoms with Crippen molar-refractivity contribution in [1.29, 1.82) is 0 Å². The maximum Gasteiger partial charge on any atom is 0.124 e. The molecule has 0 aliphatic rings. The number of ether oxygens (including phenoxy) is 1. The van der Waals surface area contributed by atoms with Crippen LogP contribution < -0.4 is 4.74 Å². The minimum atomic E-state index is -0.000672. The predicted octanol–water partition coefficient (Wildman–Crippen LogP) is 4.73. The summed E-state index contributed by atoms with van der Waals surface area (Å²) in [5.74, 6) is 1.08. The number of fused-ring (bicyclic) bond motifs is 1. The van der Waals surface area contributed by atoms with E-state index in [1.165, 1.54) is 0 Å². The molecule has 3 nitrogen and oxygen atoms in total. The Bertz CT molecular complexity index is 838. The van der Waals surface area contributed by atoms with Crippen molar-refractivity contribution in [2.45, 2.75) is 13.0 Å². The Labute approximate surface area is 135 Å². The first-order chi connectivity index (χ1) is 11.2. The molecule has 0 amide bonds. The zero-order valence-corrected chi connectivity index (χ0v) is 13.2. The van der Waals surface area contributed by atoms with E-state index in [1.54, 1.807) is 19.4 Å². The maximum absolute atomic E-state index is 10.2. The number of hydrogen-bond acceptors (Lipinski definition) is 3. The maximum atomic E-state index is 10.2. The highest BCUT2D eigenvalue weighted by molar-refractivity contribution is 6.02. The number of aromatic hydroxyl groups is 1. The lowest BCUT2D eigenvalue weighted by Gasteiger charge is -2.09. The van der Waals surface area contributed by atoms with Crippen LogP contribution in [0.1, 0.15) is 24.1 Å². The minimum absolute atomic E-state index is 0.000672. The number of methoxy groups -OCH3 is 1. The summed E-state index contributed by atoms with van der Waals surface area (Å²) in [6.07, 6.45) is 1.76. The van der Waals surface area contributed by atoms with Crippen molar-refractivity contribution in [2.75, 3.05) is 7.11 Å². The highest BCUT2D eigenvalue weighted by atomic mass is 16.5. The van der Waals surface area contributed by atoms with Gasteiger partial charge in [-0.25, -0.2) is 0 Å². The molecule has 23 heavy (non-hydrogen) atoms. The summed E-state index contributed by atoms with van der Waals surface area (Å²) in [5.41, 5.74) is 1.85. The Balaban J connectivity index is 1.91. The molecule has 3 aromatic rings. The van der Waals surface area contributed by atoms with Gasteiger partial charge in [-0.1, -0.05) is 42.5 Å². The van der Waals surface area contributed by atoms with E-state index in [4.69, 9.17) is 4.74 Å². The Hall–Kier alpha value is -2.81. The number of phenolic OH excluding ortho intramolecular Hbond substituents is 1. The highest BCUT2D eigenvalue weighted by Crippen LogP contribution is 2.27. The van der Waals surface area contributed by atoms with Gasteiger partial charge in [-0.3, -0.25) is 4.99 Å². The van der Waals surface area contributed by atoms with Crippen molar-refractivity contribution >= 4 is 17.0 Å². The zero-order valence-electron chi connectivity index (χ0n) is 13.2. The molecule has 0 saturated heterocycles. The Kier molecular flexibility index (Phi) is 4.29. The Morgan fingerprint density at radius 2 is 1.74 bits per heavy atom. The molecule has 0 saturated carbocycles. The molecule has 0 aliphatic carbocycles. The molecule has 1 unspecified atom stereocenters. The van der Waals surface area contributed by atoms with E-state index in [0.717, 1.165) is 27.6 Å². The summed E-state index contributed by atoms with van der Waals surface area (Å²) >= 11 is 0. The number of aliphatic imine (C=N–C) groups is 1. The first-order valence-electron chi connectivity index (χ1n) is 7.57.